The van der Waals surface area contributed by atoms with Crippen molar-refractivity contribution in [3.8, 4) is 0 Å². The third kappa shape index (κ3) is 5.36. The van der Waals surface area contributed by atoms with Gasteiger partial charge in [-0.25, -0.2) is 4.99 Å². The molecule has 0 N–H and O–H groups in total. The lowest BCUT2D eigenvalue weighted by atomic mass is 10.2. The molecule has 29 heavy (non-hydrogen) atoms. The molecule has 2 aliphatic heterocycles. The number of benzene rings is 2. The van der Waals surface area contributed by atoms with Gasteiger partial charge in [0.2, 0.25) is 0 Å². The van der Waals surface area contributed by atoms with Crippen molar-refractivity contribution >= 4 is 50.5 Å². The first kappa shape index (κ1) is 20.3. The molecular formula is C22H22BrN3O2S. The summed E-state index contributed by atoms with van der Waals surface area (Å²) in [5, 5.41) is 0.734. The molecular weight excluding hydrogens is 450 g/mol. The van der Waals surface area contributed by atoms with Crippen molar-refractivity contribution < 1.29 is 9.53 Å². The van der Waals surface area contributed by atoms with Crippen LogP contribution in [-0.4, -0.2) is 60.3 Å². The molecule has 2 saturated heterocycles. The summed E-state index contributed by atoms with van der Waals surface area (Å²) >= 11 is 4.89. The number of halogens is 1. The number of amides is 1. The van der Waals surface area contributed by atoms with E-state index in [0.29, 0.717) is 11.4 Å². The van der Waals surface area contributed by atoms with Crippen molar-refractivity contribution in [3.05, 3.63) is 69.5 Å². The minimum atomic E-state index is 0.0147. The van der Waals surface area contributed by atoms with Crippen molar-refractivity contribution in [2.75, 3.05) is 39.4 Å². The average molecular weight is 472 g/mol. The van der Waals surface area contributed by atoms with E-state index < -0.39 is 0 Å². The summed E-state index contributed by atoms with van der Waals surface area (Å²) in [7, 11) is 0. The lowest BCUT2D eigenvalue weighted by Gasteiger charge is -2.28. The van der Waals surface area contributed by atoms with E-state index in [1.54, 1.807) is 4.90 Å². The standard InChI is InChI=1S/C22H22BrN3O2S/c23-18-8-6-17(7-9-18)16-20-21(27)26(11-10-25-12-14-28-15-13-25)22(29-20)24-19-4-2-1-3-5-19/h1-9,16H,10-15H2. The maximum absolute atomic E-state index is 13.2. The highest BCUT2D eigenvalue weighted by Crippen LogP contribution is 2.34. The van der Waals surface area contributed by atoms with Gasteiger partial charge in [0.05, 0.1) is 23.8 Å². The summed E-state index contributed by atoms with van der Waals surface area (Å²) < 4.78 is 6.44. The minimum Gasteiger partial charge on any atom is -0.379 e. The molecule has 2 heterocycles. The van der Waals surface area contributed by atoms with Crippen molar-refractivity contribution in [3.63, 3.8) is 0 Å². The predicted molar refractivity (Wildman–Crippen MR) is 122 cm³/mol. The van der Waals surface area contributed by atoms with Gasteiger partial charge < -0.3 is 4.74 Å². The zero-order valence-electron chi connectivity index (χ0n) is 16.0. The van der Waals surface area contributed by atoms with Crippen LogP contribution in [0.15, 0.2) is 69.0 Å². The van der Waals surface area contributed by atoms with E-state index in [9.17, 15) is 4.79 Å². The molecule has 150 valence electrons. The number of nitrogens with zero attached hydrogens (tertiary/aromatic N) is 3. The van der Waals surface area contributed by atoms with Crippen molar-refractivity contribution in [2.24, 2.45) is 4.99 Å². The third-order valence-corrected chi connectivity index (χ3v) is 6.32. The van der Waals surface area contributed by atoms with Crippen LogP contribution in [0.5, 0.6) is 0 Å². The summed E-state index contributed by atoms with van der Waals surface area (Å²) in [4.78, 5) is 22.7. The number of hydrogen-bond acceptors (Lipinski definition) is 5. The molecule has 0 aromatic heterocycles. The summed E-state index contributed by atoms with van der Waals surface area (Å²) in [6, 6.07) is 17.7. The molecule has 0 radical (unpaired) electrons. The molecule has 0 atom stereocenters. The number of ether oxygens (including phenoxy) is 1. The van der Waals surface area contributed by atoms with Gasteiger partial charge in [0.1, 0.15) is 0 Å². The minimum absolute atomic E-state index is 0.0147. The molecule has 5 nitrogen and oxygen atoms in total. The Kier molecular flexibility index (Phi) is 6.82. The van der Waals surface area contributed by atoms with E-state index >= 15 is 0 Å². The van der Waals surface area contributed by atoms with Crippen LogP contribution in [0.25, 0.3) is 6.08 Å². The van der Waals surface area contributed by atoms with E-state index in [-0.39, 0.29) is 5.91 Å². The number of hydrogen-bond donors (Lipinski definition) is 0. The van der Waals surface area contributed by atoms with Gasteiger partial charge in [0.25, 0.3) is 5.91 Å². The molecule has 1 amide bonds. The Labute approximate surface area is 183 Å². The van der Waals surface area contributed by atoms with E-state index in [2.05, 4.69) is 20.8 Å². The molecule has 2 fully saturated rings. The molecule has 0 spiro atoms. The van der Waals surface area contributed by atoms with E-state index in [1.165, 1.54) is 11.8 Å². The zero-order valence-corrected chi connectivity index (χ0v) is 18.4. The van der Waals surface area contributed by atoms with Crippen LogP contribution in [0.4, 0.5) is 5.69 Å². The number of thioether (sulfide) groups is 1. The number of carbonyl (C=O) groups excluding carboxylic acids is 1. The molecule has 0 unspecified atom stereocenters. The Morgan fingerprint density at radius 2 is 1.76 bits per heavy atom. The first-order valence-corrected chi connectivity index (χ1v) is 11.2. The van der Waals surface area contributed by atoms with Gasteiger partial charge in [-0.3, -0.25) is 14.6 Å². The number of aliphatic imine (C=N–C) groups is 1. The molecule has 0 bridgehead atoms. The zero-order chi connectivity index (χ0) is 20.1. The largest absolute Gasteiger partial charge is 0.379 e. The second kappa shape index (κ2) is 9.71. The van der Waals surface area contributed by atoms with Gasteiger partial charge >= 0.3 is 0 Å². The van der Waals surface area contributed by atoms with Gasteiger partial charge in [0.15, 0.2) is 5.17 Å². The summed E-state index contributed by atoms with van der Waals surface area (Å²) in [5.74, 6) is 0.0147. The second-order valence-electron chi connectivity index (χ2n) is 6.80. The highest BCUT2D eigenvalue weighted by molar-refractivity contribution is 9.10. The summed E-state index contributed by atoms with van der Waals surface area (Å²) in [6.07, 6.45) is 1.94. The Bertz CT molecular complexity index is 909. The highest BCUT2D eigenvalue weighted by Gasteiger charge is 2.33. The maximum Gasteiger partial charge on any atom is 0.266 e. The number of morpholine rings is 1. The SMILES string of the molecule is O=C1C(=Cc2ccc(Br)cc2)SC(=Nc2ccccc2)N1CCN1CCOCC1. The molecule has 0 saturated carbocycles. The van der Waals surface area contributed by atoms with Crippen molar-refractivity contribution in [1.82, 2.24) is 9.80 Å². The van der Waals surface area contributed by atoms with Crippen LogP contribution in [0.1, 0.15) is 5.56 Å². The fraction of sp³-hybridized carbons (Fsp3) is 0.273. The molecule has 0 aliphatic carbocycles. The highest BCUT2D eigenvalue weighted by atomic mass is 79.9. The van der Waals surface area contributed by atoms with E-state index in [0.717, 1.165) is 53.7 Å². The number of amidine groups is 1. The van der Waals surface area contributed by atoms with Gasteiger partial charge in [-0.1, -0.05) is 46.3 Å². The van der Waals surface area contributed by atoms with E-state index in [4.69, 9.17) is 9.73 Å². The number of para-hydroxylation sites is 1. The molecule has 2 aromatic carbocycles. The predicted octanol–water partition coefficient (Wildman–Crippen LogP) is 4.39. The molecule has 4 rings (SSSR count). The normalized spacial score (nSPS) is 20.7. The summed E-state index contributed by atoms with van der Waals surface area (Å²) in [6.45, 7) is 4.75. The van der Waals surface area contributed by atoms with Gasteiger partial charge in [-0.15, -0.1) is 0 Å². The van der Waals surface area contributed by atoms with E-state index in [1.807, 2.05) is 60.7 Å². The second-order valence-corrected chi connectivity index (χ2v) is 8.73. The number of carbonyl (C=O) groups is 1. The van der Waals surface area contributed by atoms with Crippen LogP contribution < -0.4 is 0 Å². The summed E-state index contributed by atoms with van der Waals surface area (Å²) in [5.41, 5.74) is 1.85. The van der Waals surface area contributed by atoms with Gasteiger partial charge in [-0.2, -0.15) is 0 Å². The molecule has 2 aromatic rings. The molecule has 2 aliphatic rings. The Morgan fingerprint density at radius 1 is 1.03 bits per heavy atom. The first-order chi connectivity index (χ1) is 14.2. The molecule has 7 heteroatoms. The average Bonchev–Trinajstić information content (AvgIpc) is 3.04. The lowest BCUT2D eigenvalue weighted by Crippen LogP contribution is -2.42. The quantitative estimate of drug-likeness (QED) is 0.606. The lowest BCUT2D eigenvalue weighted by molar-refractivity contribution is -0.122. The van der Waals surface area contributed by atoms with Gasteiger partial charge in [-0.05, 0) is 47.7 Å². The van der Waals surface area contributed by atoms with Crippen molar-refractivity contribution in [2.45, 2.75) is 0 Å². The van der Waals surface area contributed by atoms with Crippen LogP contribution in [0.3, 0.4) is 0 Å². The topological polar surface area (TPSA) is 45.1 Å². The van der Waals surface area contributed by atoms with Crippen molar-refractivity contribution in [1.29, 1.82) is 0 Å². The smallest absolute Gasteiger partial charge is 0.266 e. The van der Waals surface area contributed by atoms with Crippen LogP contribution in [0, 0.1) is 0 Å². The number of rotatable bonds is 5. The van der Waals surface area contributed by atoms with Crippen LogP contribution >= 0.6 is 27.7 Å². The van der Waals surface area contributed by atoms with Gasteiger partial charge in [0, 0.05) is 30.7 Å². The van der Waals surface area contributed by atoms with Crippen LogP contribution in [0.2, 0.25) is 0 Å². The van der Waals surface area contributed by atoms with Crippen LogP contribution in [-0.2, 0) is 9.53 Å². The fourth-order valence-electron chi connectivity index (χ4n) is 3.18. The Hall–Kier alpha value is -1.93. The maximum atomic E-state index is 13.2. The Morgan fingerprint density at radius 3 is 2.48 bits per heavy atom. The monoisotopic (exact) mass is 471 g/mol. The third-order valence-electron chi connectivity index (χ3n) is 4.78. The Balaban J connectivity index is 1.57. The first-order valence-electron chi connectivity index (χ1n) is 9.60. The fourth-order valence-corrected chi connectivity index (χ4v) is 4.47.